The zero-order valence-electron chi connectivity index (χ0n) is 13.4. The minimum atomic E-state index is -0.0482. The summed E-state index contributed by atoms with van der Waals surface area (Å²) in [6, 6.07) is 12.0. The van der Waals surface area contributed by atoms with Gasteiger partial charge in [-0.3, -0.25) is 4.79 Å². The molecule has 3 nitrogen and oxygen atoms in total. The summed E-state index contributed by atoms with van der Waals surface area (Å²) in [5.74, 6) is -0.0215. The summed E-state index contributed by atoms with van der Waals surface area (Å²) in [6.45, 7) is 5.56. The molecule has 0 aliphatic carbocycles. The minimum Gasteiger partial charge on any atom is -0.326 e. The van der Waals surface area contributed by atoms with Crippen LogP contribution in [0.3, 0.4) is 0 Å². The van der Waals surface area contributed by atoms with Crippen LogP contribution in [0.1, 0.15) is 25.0 Å². The molecule has 120 valence electrons. The number of anilines is 1. The van der Waals surface area contributed by atoms with E-state index >= 15 is 0 Å². The molecule has 0 radical (unpaired) electrons. The van der Waals surface area contributed by atoms with E-state index in [-0.39, 0.29) is 11.8 Å². The highest BCUT2D eigenvalue weighted by molar-refractivity contribution is 6.33. The number of hydrogen-bond donors (Lipinski definition) is 2. The van der Waals surface area contributed by atoms with Crippen LogP contribution in [0.2, 0.25) is 5.02 Å². The first-order chi connectivity index (χ1) is 11.1. The van der Waals surface area contributed by atoms with E-state index in [1.165, 1.54) is 11.1 Å². The summed E-state index contributed by atoms with van der Waals surface area (Å²) in [5.41, 5.74) is 5.52. The molecular weight excluding hydrogens is 308 g/mol. The maximum absolute atomic E-state index is 12.0. The minimum absolute atomic E-state index is 0.0267. The highest BCUT2D eigenvalue weighted by Gasteiger charge is 2.18. The maximum atomic E-state index is 12.0. The molecule has 4 heteroatoms. The number of amides is 1. The van der Waals surface area contributed by atoms with Crippen LogP contribution in [0, 0.1) is 5.92 Å². The first kappa shape index (κ1) is 16.0. The third-order valence-electron chi connectivity index (χ3n) is 4.17. The van der Waals surface area contributed by atoms with Crippen LogP contribution >= 0.6 is 11.6 Å². The van der Waals surface area contributed by atoms with Gasteiger partial charge in [-0.2, -0.15) is 0 Å². The molecule has 2 N–H and O–H groups in total. The van der Waals surface area contributed by atoms with Crippen LogP contribution in [0.5, 0.6) is 0 Å². The molecule has 2 aromatic carbocycles. The molecule has 0 bridgehead atoms. The van der Waals surface area contributed by atoms with Crippen molar-refractivity contribution in [2.75, 3.05) is 11.9 Å². The van der Waals surface area contributed by atoms with E-state index in [9.17, 15) is 4.79 Å². The largest absolute Gasteiger partial charge is 0.326 e. The van der Waals surface area contributed by atoms with E-state index in [1.807, 2.05) is 44.2 Å². The molecule has 1 aliphatic rings. The van der Waals surface area contributed by atoms with Gasteiger partial charge in [0, 0.05) is 28.7 Å². The van der Waals surface area contributed by atoms with Gasteiger partial charge in [0.25, 0.3) is 0 Å². The lowest BCUT2D eigenvalue weighted by molar-refractivity contribution is -0.118. The molecule has 0 atom stereocenters. The Hall–Kier alpha value is -1.84. The molecule has 23 heavy (non-hydrogen) atoms. The van der Waals surface area contributed by atoms with Crippen molar-refractivity contribution in [2.24, 2.45) is 5.92 Å². The van der Waals surface area contributed by atoms with E-state index < -0.39 is 0 Å². The van der Waals surface area contributed by atoms with Crippen LogP contribution in [-0.2, 0) is 17.8 Å². The zero-order valence-corrected chi connectivity index (χ0v) is 14.2. The van der Waals surface area contributed by atoms with Crippen LogP contribution in [0.25, 0.3) is 11.1 Å². The van der Waals surface area contributed by atoms with Crippen molar-refractivity contribution in [3.05, 3.63) is 52.5 Å². The Bertz CT molecular complexity index is 740. The summed E-state index contributed by atoms with van der Waals surface area (Å²) in [6.07, 6.45) is 0.967. The smallest absolute Gasteiger partial charge is 0.226 e. The fraction of sp³-hybridized carbons (Fsp3) is 0.316. The van der Waals surface area contributed by atoms with Gasteiger partial charge in [-0.05, 0) is 47.9 Å². The highest BCUT2D eigenvalue weighted by atomic mass is 35.5. The quantitative estimate of drug-likeness (QED) is 0.884. The van der Waals surface area contributed by atoms with E-state index in [0.717, 1.165) is 41.3 Å². The van der Waals surface area contributed by atoms with Crippen molar-refractivity contribution < 1.29 is 4.79 Å². The normalized spacial score (nSPS) is 13.7. The molecule has 0 unspecified atom stereocenters. The fourth-order valence-corrected chi connectivity index (χ4v) is 3.14. The van der Waals surface area contributed by atoms with Gasteiger partial charge in [-0.25, -0.2) is 0 Å². The summed E-state index contributed by atoms with van der Waals surface area (Å²) in [7, 11) is 0. The second-order valence-corrected chi connectivity index (χ2v) is 6.62. The third kappa shape index (κ3) is 3.41. The summed E-state index contributed by atoms with van der Waals surface area (Å²) in [5, 5.41) is 7.14. The molecule has 0 aromatic heterocycles. The summed E-state index contributed by atoms with van der Waals surface area (Å²) >= 11 is 6.41. The number of fused-ring (bicyclic) bond motifs is 1. The van der Waals surface area contributed by atoms with Gasteiger partial charge >= 0.3 is 0 Å². The van der Waals surface area contributed by atoms with Crippen LogP contribution < -0.4 is 10.6 Å². The topological polar surface area (TPSA) is 41.1 Å². The summed E-state index contributed by atoms with van der Waals surface area (Å²) in [4.78, 5) is 12.0. The monoisotopic (exact) mass is 328 g/mol. The Kier molecular flexibility index (Phi) is 4.69. The molecule has 0 fully saturated rings. The second-order valence-electron chi connectivity index (χ2n) is 6.21. The number of carbonyl (C=O) groups is 1. The van der Waals surface area contributed by atoms with Crippen LogP contribution in [0.4, 0.5) is 5.69 Å². The number of rotatable bonds is 3. The Balaban J connectivity index is 2.10. The van der Waals surface area contributed by atoms with Crippen molar-refractivity contribution in [1.29, 1.82) is 0 Å². The fourth-order valence-electron chi connectivity index (χ4n) is 2.90. The Morgan fingerprint density at radius 2 is 2.00 bits per heavy atom. The number of benzene rings is 2. The van der Waals surface area contributed by atoms with Crippen LogP contribution in [0.15, 0.2) is 36.4 Å². The van der Waals surface area contributed by atoms with Crippen molar-refractivity contribution in [3.8, 4) is 11.1 Å². The van der Waals surface area contributed by atoms with Gasteiger partial charge in [-0.1, -0.05) is 43.6 Å². The average molecular weight is 329 g/mol. The van der Waals surface area contributed by atoms with E-state index in [1.54, 1.807) is 0 Å². The third-order valence-corrected chi connectivity index (χ3v) is 4.50. The molecule has 1 heterocycles. The molecule has 3 rings (SSSR count). The molecule has 1 amide bonds. The number of nitrogens with one attached hydrogen (secondary N) is 2. The zero-order chi connectivity index (χ0) is 16.4. The highest BCUT2D eigenvalue weighted by Crippen LogP contribution is 2.35. The van der Waals surface area contributed by atoms with Gasteiger partial charge in [0.05, 0.1) is 0 Å². The lowest BCUT2D eigenvalue weighted by Gasteiger charge is -2.23. The van der Waals surface area contributed by atoms with Crippen molar-refractivity contribution in [1.82, 2.24) is 5.32 Å². The predicted molar refractivity (Wildman–Crippen MR) is 95.8 cm³/mol. The van der Waals surface area contributed by atoms with Gasteiger partial charge in [0.2, 0.25) is 5.91 Å². The SMILES string of the molecule is CC(C)C(=O)Nc1cc2c(c(-c3ccccc3Cl)c1)CCNC2. The van der Waals surface area contributed by atoms with Gasteiger partial charge in [0.15, 0.2) is 0 Å². The first-order valence-corrected chi connectivity index (χ1v) is 8.36. The standard InChI is InChI=1S/C19H21ClN2O/c1-12(2)19(23)22-14-9-13-11-21-8-7-15(13)17(10-14)16-5-3-4-6-18(16)20/h3-6,9-10,12,21H,7-8,11H2,1-2H3,(H,22,23). The van der Waals surface area contributed by atoms with Crippen molar-refractivity contribution in [3.63, 3.8) is 0 Å². The van der Waals surface area contributed by atoms with Gasteiger partial charge in [0.1, 0.15) is 0 Å². The Morgan fingerprint density at radius 3 is 2.74 bits per heavy atom. The molecule has 2 aromatic rings. The molecule has 0 saturated carbocycles. The Morgan fingerprint density at radius 1 is 1.22 bits per heavy atom. The van der Waals surface area contributed by atoms with Gasteiger partial charge in [-0.15, -0.1) is 0 Å². The average Bonchev–Trinajstić information content (AvgIpc) is 2.54. The van der Waals surface area contributed by atoms with Crippen LogP contribution in [-0.4, -0.2) is 12.5 Å². The van der Waals surface area contributed by atoms with E-state index in [4.69, 9.17) is 11.6 Å². The van der Waals surface area contributed by atoms with E-state index in [0.29, 0.717) is 0 Å². The van der Waals surface area contributed by atoms with Crippen molar-refractivity contribution in [2.45, 2.75) is 26.8 Å². The first-order valence-electron chi connectivity index (χ1n) is 7.98. The van der Waals surface area contributed by atoms with E-state index in [2.05, 4.69) is 16.7 Å². The maximum Gasteiger partial charge on any atom is 0.226 e. The van der Waals surface area contributed by atoms with Crippen molar-refractivity contribution >= 4 is 23.2 Å². The number of hydrogen-bond acceptors (Lipinski definition) is 2. The summed E-state index contributed by atoms with van der Waals surface area (Å²) < 4.78 is 0. The predicted octanol–water partition coefficient (Wildman–Crippen LogP) is 4.25. The molecule has 0 saturated heterocycles. The lowest BCUT2D eigenvalue weighted by atomic mass is 9.90. The molecule has 1 aliphatic heterocycles. The second kappa shape index (κ2) is 6.73. The lowest BCUT2D eigenvalue weighted by Crippen LogP contribution is -2.25. The molecular formula is C19H21ClN2O. The molecule has 0 spiro atoms. The van der Waals surface area contributed by atoms with Gasteiger partial charge < -0.3 is 10.6 Å². The Labute approximate surface area is 142 Å². The number of carbonyl (C=O) groups excluding carboxylic acids is 1. The number of halogens is 1.